The number of aromatic nitrogens is 1. The lowest BCUT2D eigenvalue weighted by atomic mass is 10.3. The summed E-state index contributed by atoms with van der Waals surface area (Å²) in [5, 5.41) is 2.71. The van der Waals surface area contributed by atoms with E-state index in [1.54, 1.807) is 6.20 Å². The molecule has 0 fully saturated rings. The van der Waals surface area contributed by atoms with Crippen LogP contribution in [-0.2, 0) is 4.79 Å². The predicted molar refractivity (Wildman–Crippen MR) is 58.8 cm³/mol. The minimum atomic E-state index is -0.148. The molecule has 0 unspecified atom stereocenters. The van der Waals surface area contributed by atoms with E-state index in [9.17, 15) is 4.79 Å². The molecule has 1 amide bonds. The van der Waals surface area contributed by atoms with E-state index in [0.717, 1.165) is 8.04 Å². The van der Waals surface area contributed by atoms with Gasteiger partial charge in [-0.2, -0.15) is 0 Å². The highest BCUT2D eigenvalue weighted by Gasteiger charge is 2.20. The van der Waals surface area contributed by atoms with E-state index >= 15 is 0 Å². The monoisotopic (exact) mass is 354 g/mol. The van der Waals surface area contributed by atoms with Gasteiger partial charge in [0.25, 0.3) is 5.91 Å². The Morgan fingerprint density at radius 3 is 3.23 bits per heavy atom. The quantitative estimate of drug-likeness (QED) is 0.722. The van der Waals surface area contributed by atoms with Crippen LogP contribution in [0.15, 0.2) is 10.7 Å². The standard InChI is InChI=1S/C7H4BrIN2O2/c8-3-1-10-7-6(5(3)9)11-4(12)2-13-7/h1H,2H2,(H,11,12). The van der Waals surface area contributed by atoms with Crippen LogP contribution in [0.2, 0.25) is 0 Å². The molecule has 2 rings (SSSR count). The number of rotatable bonds is 0. The Balaban J connectivity index is 2.54. The number of amides is 1. The summed E-state index contributed by atoms with van der Waals surface area (Å²) in [7, 11) is 0. The van der Waals surface area contributed by atoms with Crippen molar-refractivity contribution in [3.8, 4) is 5.88 Å². The van der Waals surface area contributed by atoms with E-state index in [0.29, 0.717) is 11.6 Å². The summed E-state index contributed by atoms with van der Waals surface area (Å²) >= 11 is 5.43. The van der Waals surface area contributed by atoms with Crippen LogP contribution in [0.4, 0.5) is 5.69 Å². The van der Waals surface area contributed by atoms with Crippen molar-refractivity contribution in [2.75, 3.05) is 11.9 Å². The Bertz CT molecular complexity index is 383. The average molecular weight is 355 g/mol. The Hall–Kier alpha value is -0.370. The number of nitrogens with zero attached hydrogens (tertiary/aromatic N) is 1. The van der Waals surface area contributed by atoms with Gasteiger partial charge in [0.05, 0.1) is 8.04 Å². The molecule has 0 radical (unpaired) electrons. The molecule has 68 valence electrons. The van der Waals surface area contributed by atoms with Crippen molar-refractivity contribution in [2.45, 2.75) is 0 Å². The third-order valence-electron chi connectivity index (χ3n) is 1.54. The third kappa shape index (κ3) is 1.64. The first-order valence-electron chi connectivity index (χ1n) is 3.45. The Morgan fingerprint density at radius 1 is 1.69 bits per heavy atom. The number of hydrogen-bond donors (Lipinski definition) is 1. The molecule has 1 N–H and O–H groups in total. The molecular formula is C7H4BrIN2O2. The summed E-state index contributed by atoms with van der Waals surface area (Å²) in [6, 6.07) is 0. The highest BCUT2D eigenvalue weighted by atomic mass is 127. The Labute approximate surface area is 96.3 Å². The largest absolute Gasteiger partial charge is 0.466 e. The lowest BCUT2D eigenvalue weighted by Gasteiger charge is -2.18. The molecule has 2 heterocycles. The van der Waals surface area contributed by atoms with Gasteiger partial charge in [-0.15, -0.1) is 0 Å². The first kappa shape index (κ1) is 9.20. The summed E-state index contributed by atoms with van der Waals surface area (Å²) in [6.45, 7) is 0.0394. The summed E-state index contributed by atoms with van der Waals surface area (Å²) in [5.74, 6) is 0.331. The van der Waals surface area contributed by atoms with E-state index in [2.05, 4.69) is 48.8 Å². The number of hydrogen-bond acceptors (Lipinski definition) is 3. The number of nitrogens with one attached hydrogen (secondary N) is 1. The average Bonchev–Trinajstić information content (AvgIpc) is 2.12. The molecule has 4 nitrogen and oxygen atoms in total. The Morgan fingerprint density at radius 2 is 2.46 bits per heavy atom. The normalized spacial score (nSPS) is 14.5. The molecule has 1 aromatic rings. The third-order valence-corrected chi connectivity index (χ3v) is 4.01. The number of carbonyl (C=O) groups is 1. The molecule has 1 aromatic heterocycles. The van der Waals surface area contributed by atoms with Crippen molar-refractivity contribution in [3.05, 3.63) is 14.2 Å². The van der Waals surface area contributed by atoms with Gasteiger partial charge in [-0.05, 0) is 38.5 Å². The van der Waals surface area contributed by atoms with Crippen molar-refractivity contribution in [3.63, 3.8) is 0 Å². The van der Waals surface area contributed by atoms with E-state index in [-0.39, 0.29) is 12.5 Å². The second-order valence-electron chi connectivity index (χ2n) is 2.44. The maximum Gasteiger partial charge on any atom is 0.262 e. The highest BCUT2D eigenvalue weighted by molar-refractivity contribution is 14.1. The van der Waals surface area contributed by atoms with Crippen molar-refractivity contribution >= 4 is 50.1 Å². The second-order valence-corrected chi connectivity index (χ2v) is 4.37. The van der Waals surface area contributed by atoms with Crippen LogP contribution in [0, 0.1) is 3.57 Å². The van der Waals surface area contributed by atoms with Crippen LogP contribution in [0.25, 0.3) is 0 Å². The predicted octanol–water partition coefficient (Wildman–Crippen LogP) is 1.78. The van der Waals surface area contributed by atoms with Gasteiger partial charge < -0.3 is 10.1 Å². The van der Waals surface area contributed by atoms with E-state index in [4.69, 9.17) is 4.74 Å². The van der Waals surface area contributed by atoms with Gasteiger partial charge in [0.15, 0.2) is 6.61 Å². The van der Waals surface area contributed by atoms with Gasteiger partial charge in [0, 0.05) is 6.20 Å². The molecule has 6 heteroatoms. The molecule has 0 atom stereocenters. The van der Waals surface area contributed by atoms with Gasteiger partial charge >= 0.3 is 0 Å². The molecule has 0 bridgehead atoms. The van der Waals surface area contributed by atoms with Crippen LogP contribution in [0.5, 0.6) is 5.88 Å². The first-order valence-corrected chi connectivity index (χ1v) is 5.32. The molecule has 13 heavy (non-hydrogen) atoms. The summed E-state index contributed by atoms with van der Waals surface area (Å²) < 4.78 is 6.87. The maximum absolute atomic E-state index is 11.0. The number of carbonyl (C=O) groups excluding carboxylic acids is 1. The van der Waals surface area contributed by atoms with Crippen LogP contribution >= 0.6 is 38.5 Å². The number of fused-ring (bicyclic) bond motifs is 1. The van der Waals surface area contributed by atoms with Crippen molar-refractivity contribution < 1.29 is 9.53 Å². The number of anilines is 1. The molecule has 0 aromatic carbocycles. The first-order chi connectivity index (χ1) is 6.18. The summed E-state index contributed by atoms with van der Waals surface area (Å²) in [6.07, 6.45) is 1.65. The van der Waals surface area contributed by atoms with E-state index < -0.39 is 0 Å². The fourth-order valence-electron chi connectivity index (χ4n) is 0.977. The fraction of sp³-hybridized carbons (Fsp3) is 0.143. The van der Waals surface area contributed by atoms with Crippen molar-refractivity contribution in [2.24, 2.45) is 0 Å². The zero-order chi connectivity index (χ0) is 9.42. The smallest absolute Gasteiger partial charge is 0.262 e. The van der Waals surface area contributed by atoms with Gasteiger partial charge in [-0.25, -0.2) is 4.98 Å². The molecule has 0 saturated carbocycles. The van der Waals surface area contributed by atoms with Gasteiger partial charge in [-0.1, -0.05) is 0 Å². The number of ether oxygens (including phenoxy) is 1. The fourth-order valence-corrected chi connectivity index (χ4v) is 1.78. The summed E-state index contributed by atoms with van der Waals surface area (Å²) in [4.78, 5) is 15.0. The summed E-state index contributed by atoms with van der Waals surface area (Å²) in [5.41, 5.74) is 0.645. The van der Waals surface area contributed by atoms with Gasteiger partial charge in [-0.3, -0.25) is 4.79 Å². The van der Waals surface area contributed by atoms with E-state index in [1.807, 2.05) is 0 Å². The molecule has 1 aliphatic heterocycles. The minimum Gasteiger partial charge on any atom is -0.466 e. The van der Waals surface area contributed by atoms with Crippen molar-refractivity contribution in [1.29, 1.82) is 0 Å². The molecule has 1 aliphatic rings. The van der Waals surface area contributed by atoms with Crippen LogP contribution in [0.3, 0.4) is 0 Å². The lowest BCUT2D eigenvalue weighted by molar-refractivity contribution is -0.118. The lowest BCUT2D eigenvalue weighted by Crippen LogP contribution is -2.26. The van der Waals surface area contributed by atoms with Crippen molar-refractivity contribution in [1.82, 2.24) is 4.98 Å². The van der Waals surface area contributed by atoms with Gasteiger partial charge in [0.1, 0.15) is 5.69 Å². The SMILES string of the molecule is O=C1COc2ncc(Br)c(I)c2N1. The highest BCUT2D eigenvalue weighted by Crippen LogP contribution is 2.34. The molecule has 0 saturated heterocycles. The topological polar surface area (TPSA) is 51.2 Å². The zero-order valence-electron chi connectivity index (χ0n) is 6.30. The second kappa shape index (κ2) is 3.41. The Kier molecular flexibility index (Phi) is 2.41. The zero-order valence-corrected chi connectivity index (χ0v) is 10.0. The van der Waals surface area contributed by atoms with Crippen LogP contribution < -0.4 is 10.1 Å². The number of halogens is 2. The molecule has 0 aliphatic carbocycles. The van der Waals surface area contributed by atoms with Crippen LogP contribution in [-0.4, -0.2) is 17.5 Å². The van der Waals surface area contributed by atoms with Gasteiger partial charge in [0.2, 0.25) is 5.88 Å². The number of pyridine rings is 1. The molecular weight excluding hydrogens is 351 g/mol. The van der Waals surface area contributed by atoms with Crippen LogP contribution in [0.1, 0.15) is 0 Å². The van der Waals surface area contributed by atoms with E-state index in [1.165, 1.54) is 0 Å². The molecule has 0 spiro atoms. The minimum absolute atomic E-state index is 0.0394. The maximum atomic E-state index is 11.0.